The molecule has 1 amide bonds. The fraction of sp³-hybridized carbons (Fsp3) is 0.417. The van der Waals surface area contributed by atoms with E-state index in [2.05, 4.69) is 5.32 Å². The molecule has 1 heterocycles. The van der Waals surface area contributed by atoms with E-state index in [1.165, 1.54) is 0 Å². The van der Waals surface area contributed by atoms with Gasteiger partial charge in [-0.1, -0.05) is 0 Å². The lowest BCUT2D eigenvalue weighted by Gasteiger charge is -2.43. The summed E-state index contributed by atoms with van der Waals surface area (Å²) in [6.45, 7) is 0. The highest BCUT2D eigenvalue weighted by Crippen LogP contribution is 2.44. The number of hydrogen-bond donors (Lipinski definition) is 1. The predicted octanol–water partition coefficient (Wildman–Crippen LogP) is 1.95. The number of carbonyl (C=O) groups excluding carboxylic acids is 1. The largest absolute Gasteiger partial charge is 0.497 e. The molecule has 1 spiro atoms. The van der Waals surface area contributed by atoms with Gasteiger partial charge in [0.05, 0.1) is 12.8 Å². The Hall–Kier alpha value is -1.71. The average Bonchev–Trinajstić information content (AvgIpc) is 2.25. The number of rotatable bonds is 1. The third-order valence-corrected chi connectivity index (χ3v) is 3.32. The van der Waals surface area contributed by atoms with Gasteiger partial charge < -0.3 is 14.8 Å². The summed E-state index contributed by atoms with van der Waals surface area (Å²) in [7, 11) is 1.60. The Morgan fingerprint density at radius 1 is 1.44 bits per heavy atom. The molecule has 0 radical (unpaired) electrons. The van der Waals surface area contributed by atoms with E-state index in [4.69, 9.17) is 9.47 Å². The van der Waals surface area contributed by atoms with Gasteiger partial charge >= 0.3 is 0 Å². The van der Waals surface area contributed by atoms with Gasteiger partial charge in [0, 0.05) is 6.07 Å². The first-order valence-electron chi connectivity index (χ1n) is 5.42. The zero-order valence-electron chi connectivity index (χ0n) is 9.08. The lowest BCUT2D eigenvalue weighted by atomic mass is 9.78. The highest BCUT2D eigenvalue weighted by atomic mass is 16.5. The molecule has 0 atom stereocenters. The van der Waals surface area contributed by atoms with Crippen LogP contribution in [0, 0.1) is 0 Å². The Bertz CT molecular complexity index is 452. The normalized spacial score (nSPS) is 20.4. The molecule has 0 aromatic heterocycles. The van der Waals surface area contributed by atoms with Gasteiger partial charge in [-0.05, 0) is 31.4 Å². The van der Waals surface area contributed by atoms with Crippen molar-refractivity contribution >= 4 is 11.6 Å². The molecular weight excluding hydrogens is 206 g/mol. The number of amides is 1. The van der Waals surface area contributed by atoms with Gasteiger partial charge in [0.15, 0.2) is 5.60 Å². The standard InChI is InChI=1S/C12H13NO3/c1-15-8-3-4-10-9(7-8)13-11(14)12(16-10)5-2-6-12/h3-4,7H,2,5-6H2,1H3,(H,13,14). The third kappa shape index (κ3) is 1.19. The molecule has 0 saturated heterocycles. The molecule has 1 saturated carbocycles. The van der Waals surface area contributed by atoms with E-state index in [-0.39, 0.29) is 5.91 Å². The minimum absolute atomic E-state index is 0.0282. The first kappa shape index (κ1) is 9.51. The number of benzene rings is 1. The third-order valence-electron chi connectivity index (χ3n) is 3.32. The van der Waals surface area contributed by atoms with Crippen molar-refractivity contribution in [3.8, 4) is 11.5 Å². The lowest BCUT2D eigenvalue weighted by molar-refractivity contribution is -0.139. The van der Waals surface area contributed by atoms with Gasteiger partial charge in [-0.15, -0.1) is 0 Å². The Morgan fingerprint density at radius 3 is 2.88 bits per heavy atom. The lowest BCUT2D eigenvalue weighted by Crippen LogP contribution is -2.55. The number of methoxy groups -OCH3 is 1. The van der Waals surface area contributed by atoms with Gasteiger partial charge in [-0.2, -0.15) is 0 Å². The molecule has 0 bridgehead atoms. The Balaban J connectivity index is 1.98. The molecule has 1 aliphatic carbocycles. The highest BCUT2D eigenvalue weighted by molar-refractivity contribution is 6.01. The molecule has 1 fully saturated rings. The summed E-state index contributed by atoms with van der Waals surface area (Å²) in [6.07, 6.45) is 2.67. The smallest absolute Gasteiger partial charge is 0.268 e. The molecule has 2 aliphatic rings. The molecule has 3 rings (SSSR count). The molecule has 1 aromatic carbocycles. The molecular formula is C12H13NO3. The van der Waals surface area contributed by atoms with Crippen molar-refractivity contribution in [3.05, 3.63) is 18.2 Å². The van der Waals surface area contributed by atoms with E-state index in [1.807, 2.05) is 12.1 Å². The number of ether oxygens (including phenoxy) is 2. The van der Waals surface area contributed by atoms with Crippen LogP contribution in [0.25, 0.3) is 0 Å². The predicted molar refractivity (Wildman–Crippen MR) is 58.8 cm³/mol. The van der Waals surface area contributed by atoms with Gasteiger partial charge in [-0.25, -0.2) is 0 Å². The van der Waals surface area contributed by atoms with Crippen molar-refractivity contribution in [2.24, 2.45) is 0 Å². The summed E-state index contributed by atoms with van der Waals surface area (Å²) in [4.78, 5) is 11.9. The summed E-state index contributed by atoms with van der Waals surface area (Å²) >= 11 is 0. The van der Waals surface area contributed by atoms with Crippen LogP contribution < -0.4 is 14.8 Å². The summed E-state index contributed by atoms with van der Waals surface area (Å²) in [5.74, 6) is 1.42. The van der Waals surface area contributed by atoms with Gasteiger partial charge in [0.2, 0.25) is 0 Å². The summed E-state index contributed by atoms with van der Waals surface area (Å²) in [5, 5.41) is 2.88. The average molecular weight is 219 g/mol. The van der Waals surface area contributed by atoms with E-state index < -0.39 is 5.60 Å². The fourth-order valence-electron chi connectivity index (χ4n) is 2.14. The Labute approximate surface area is 93.5 Å². The van der Waals surface area contributed by atoms with E-state index in [0.29, 0.717) is 11.4 Å². The molecule has 0 unspecified atom stereocenters. The first-order valence-corrected chi connectivity index (χ1v) is 5.42. The van der Waals surface area contributed by atoms with E-state index in [9.17, 15) is 4.79 Å². The zero-order chi connectivity index (χ0) is 11.2. The Kier molecular flexibility index (Phi) is 1.87. The van der Waals surface area contributed by atoms with Crippen molar-refractivity contribution in [1.82, 2.24) is 0 Å². The van der Waals surface area contributed by atoms with E-state index in [1.54, 1.807) is 13.2 Å². The SMILES string of the molecule is COc1ccc2c(c1)NC(=O)C1(CCC1)O2. The van der Waals surface area contributed by atoms with Crippen LogP contribution >= 0.6 is 0 Å². The van der Waals surface area contributed by atoms with E-state index >= 15 is 0 Å². The Morgan fingerprint density at radius 2 is 2.25 bits per heavy atom. The monoisotopic (exact) mass is 219 g/mol. The van der Waals surface area contributed by atoms with Crippen molar-refractivity contribution < 1.29 is 14.3 Å². The minimum atomic E-state index is -0.596. The molecule has 84 valence electrons. The van der Waals surface area contributed by atoms with Crippen LogP contribution in [0.1, 0.15) is 19.3 Å². The molecule has 4 heteroatoms. The number of nitrogens with one attached hydrogen (secondary N) is 1. The first-order chi connectivity index (χ1) is 7.73. The van der Waals surface area contributed by atoms with Gasteiger partial charge in [0.1, 0.15) is 11.5 Å². The zero-order valence-corrected chi connectivity index (χ0v) is 9.08. The van der Waals surface area contributed by atoms with Crippen LogP contribution in [0.2, 0.25) is 0 Å². The van der Waals surface area contributed by atoms with Crippen LogP contribution in [-0.2, 0) is 4.79 Å². The van der Waals surface area contributed by atoms with Crippen LogP contribution in [0.3, 0.4) is 0 Å². The van der Waals surface area contributed by atoms with Crippen LogP contribution in [0.15, 0.2) is 18.2 Å². The molecule has 1 N–H and O–H groups in total. The molecule has 4 nitrogen and oxygen atoms in total. The van der Waals surface area contributed by atoms with Crippen LogP contribution in [0.5, 0.6) is 11.5 Å². The van der Waals surface area contributed by atoms with Crippen molar-refractivity contribution in [3.63, 3.8) is 0 Å². The molecule has 1 aliphatic heterocycles. The van der Waals surface area contributed by atoms with Crippen LogP contribution in [0.4, 0.5) is 5.69 Å². The van der Waals surface area contributed by atoms with E-state index in [0.717, 1.165) is 25.0 Å². The second-order valence-corrected chi connectivity index (χ2v) is 4.27. The molecule has 1 aromatic rings. The number of carbonyl (C=O) groups is 1. The number of hydrogen-bond acceptors (Lipinski definition) is 3. The quantitative estimate of drug-likeness (QED) is 0.785. The number of fused-ring (bicyclic) bond motifs is 1. The summed E-state index contributed by atoms with van der Waals surface area (Å²) < 4.78 is 10.9. The van der Waals surface area contributed by atoms with Crippen molar-refractivity contribution in [1.29, 1.82) is 0 Å². The van der Waals surface area contributed by atoms with Gasteiger partial charge in [0.25, 0.3) is 5.91 Å². The second kappa shape index (κ2) is 3.14. The fourth-order valence-corrected chi connectivity index (χ4v) is 2.14. The van der Waals surface area contributed by atoms with Crippen molar-refractivity contribution in [2.45, 2.75) is 24.9 Å². The minimum Gasteiger partial charge on any atom is -0.497 e. The summed E-state index contributed by atoms with van der Waals surface area (Å²) in [5.41, 5.74) is 0.101. The second-order valence-electron chi connectivity index (χ2n) is 4.27. The maximum Gasteiger partial charge on any atom is 0.268 e. The topological polar surface area (TPSA) is 47.6 Å². The van der Waals surface area contributed by atoms with Gasteiger partial charge in [-0.3, -0.25) is 4.79 Å². The maximum absolute atomic E-state index is 11.9. The number of anilines is 1. The van der Waals surface area contributed by atoms with Crippen molar-refractivity contribution in [2.75, 3.05) is 12.4 Å². The maximum atomic E-state index is 11.9. The highest BCUT2D eigenvalue weighted by Gasteiger charge is 2.49. The summed E-state index contributed by atoms with van der Waals surface area (Å²) in [6, 6.07) is 5.45. The van der Waals surface area contributed by atoms with Crippen LogP contribution in [-0.4, -0.2) is 18.6 Å². The molecule has 16 heavy (non-hydrogen) atoms.